The minimum Gasteiger partial charge on any atom is -0.463 e. The second-order valence-electron chi connectivity index (χ2n) is 7.44. The summed E-state index contributed by atoms with van der Waals surface area (Å²) >= 11 is 0. The number of piperidine rings is 1. The summed E-state index contributed by atoms with van der Waals surface area (Å²) in [5, 5.41) is 11.5. The molecule has 28 heavy (non-hydrogen) atoms. The summed E-state index contributed by atoms with van der Waals surface area (Å²) in [4.78, 5) is 15.4. The van der Waals surface area contributed by atoms with Gasteiger partial charge < -0.3 is 14.6 Å². The van der Waals surface area contributed by atoms with Crippen molar-refractivity contribution in [3.63, 3.8) is 0 Å². The van der Waals surface area contributed by atoms with Gasteiger partial charge >= 0.3 is 5.97 Å². The van der Waals surface area contributed by atoms with Crippen molar-refractivity contribution in [2.24, 2.45) is 5.92 Å². The minimum absolute atomic E-state index is 0.305. The highest BCUT2D eigenvalue weighted by Gasteiger charge is 2.48. The average Bonchev–Trinajstić information content (AvgIpc) is 2.73. The maximum Gasteiger partial charge on any atom is 0.348 e. The van der Waals surface area contributed by atoms with Gasteiger partial charge in [0, 0.05) is 17.7 Å². The van der Waals surface area contributed by atoms with Gasteiger partial charge in [-0.25, -0.2) is 4.79 Å². The zero-order valence-electron chi connectivity index (χ0n) is 15.8. The van der Waals surface area contributed by atoms with Gasteiger partial charge in [-0.2, -0.15) is 0 Å². The van der Waals surface area contributed by atoms with Gasteiger partial charge in [-0.1, -0.05) is 42.5 Å². The van der Waals surface area contributed by atoms with Crippen LogP contribution in [-0.4, -0.2) is 42.2 Å². The molecule has 0 bridgehead atoms. The third kappa shape index (κ3) is 3.32. The number of para-hydroxylation sites is 2. The second kappa shape index (κ2) is 7.78. The second-order valence-corrected chi connectivity index (χ2v) is 7.44. The molecule has 0 aliphatic carbocycles. The van der Waals surface area contributed by atoms with E-state index in [2.05, 4.69) is 11.5 Å². The van der Waals surface area contributed by atoms with Crippen molar-refractivity contribution >= 4 is 5.97 Å². The lowest BCUT2D eigenvalue weighted by Crippen LogP contribution is -2.42. The molecule has 146 valence electrons. The van der Waals surface area contributed by atoms with Crippen LogP contribution >= 0.6 is 0 Å². The van der Waals surface area contributed by atoms with Crippen LogP contribution in [0.1, 0.15) is 24.0 Å². The number of rotatable bonds is 5. The highest BCUT2D eigenvalue weighted by molar-refractivity contribution is 5.88. The molecular weight excluding hydrogens is 354 g/mol. The summed E-state index contributed by atoms with van der Waals surface area (Å²) in [6.07, 6.45) is 3.85. The molecule has 2 aromatic carbocycles. The molecule has 2 aliphatic heterocycles. The Hall–Kier alpha value is -2.63. The zero-order valence-corrected chi connectivity index (χ0v) is 15.8. The zero-order chi connectivity index (χ0) is 19.6. The van der Waals surface area contributed by atoms with E-state index >= 15 is 0 Å². The highest BCUT2D eigenvalue weighted by Crippen LogP contribution is 2.47. The fourth-order valence-corrected chi connectivity index (χ4v) is 4.01. The molecule has 5 nitrogen and oxygen atoms in total. The molecule has 1 N–H and O–H groups in total. The fourth-order valence-electron chi connectivity index (χ4n) is 4.01. The van der Waals surface area contributed by atoms with Crippen molar-refractivity contribution < 1.29 is 19.4 Å². The molecule has 1 fully saturated rings. The maximum absolute atomic E-state index is 13.1. The summed E-state index contributed by atoms with van der Waals surface area (Å²) < 4.78 is 11.5. The molecule has 1 saturated heterocycles. The number of ether oxygens (including phenoxy) is 2. The molecule has 0 saturated carbocycles. The number of benzene rings is 2. The predicted molar refractivity (Wildman–Crippen MR) is 106 cm³/mol. The van der Waals surface area contributed by atoms with Crippen LogP contribution in [0, 0.1) is 5.92 Å². The Morgan fingerprint density at radius 1 is 1.14 bits per heavy atom. The third-order valence-corrected chi connectivity index (χ3v) is 5.61. The number of hydrogen-bond donors (Lipinski definition) is 1. The van der Waals surface area contributed by atoms with Crippen molar-refractivity contribution in [3.8, 4) is 11.5 Å². The van der Waals surface area contributed by atoms with E-state index < -0.39 is 11.6 Å². The molecule has 2 heterocycles. The number of hydrogen-bond acceptors (Lipinski definition) is 5. The number of aliphatic hydroxyl groups is 1. The fraction of sp³-hybridized carbons (Fsp3) is 0.348. The molecular formula is C23H25NO4. The standard InChI is InChI=1S/C23H25NO4/c1-2-13-24-14-11-17(12-15-24)16-27-22(25)23(26)18-7-3-5-9-20(18)28-21-10-6-4-8-19(21)23/h2-10,17,26H,1,11-16H2. The Kier molecular flexibility index (Phi) is 5.20. The first kappa shape index (κ1) is 18.7. The van der Waals surface area contributed by atoms with Gasteiger partial charge in [-0.3, -0.25) is 4.90 Å². The molecule has 2 aliphatic rings. The minimum atomic E-state index is -1.87. The van der Waals surface area contributed by atoms with E-state index in [9.17, 15) is 9.90 Å². The van der Waals surface area contributed by atoms with Crippen molar-refractivity contribution in [2.45, 2.75) is 18.4 Å². The Morgan fingerprint density at radius 3 is 2.29 bits per heavy atom. The lowest BCUT2D eigenvalue weighted by molar-refractivity contribution is -0.164. The molecule has 0 unspecified atom stereocenters. The van der Waals surface area contributed by atoms with E-state index in [1.54, 1.807) is 36.4 Å². The quantitative estimate of drug-likeness (QED) is 0.637. The van der Waals surface area contributed by atoms with Crippen LogP contribution in [0.5, 0.6) is 11.5 Å². The van der Waals surface area contributed by atoms with Gasteiger partial charge in [0.05, 0.1) is 6.61 Å². The summed E-state index contributed by atoms with van der Waals surface area (Å²) in [6.45, 7) is 6.92. The number of fused-ring (bicyclic) bond motifs is 2. The third-order valence-electron chi connectivity index (χ3n) is 5.61. The number of nitrogens with zero attached hydrogens (tertiary/aromatic N) is 1. The van der Waals surface area contributed by atoms with Crippen molar-refractivity contribution in [1.82, 2.24) is 4.90 Å². The number of carbonyl (C=O) groups is 1. The first-order valence-corrected chi connectivity index (χ1v) is 9.72. The summed E-state index contributed by atoms with van der Waals surface area (Å²) in [5.41, 5.74) is -1.03. The molecule has 5 heteroatoms. The largest absolute Gasteiger partial charge is 0.463 e. The molecule has 0 amide bonds. The van der Waals surface area contributed by atoms with Crippen LogP contribution in [0.2, 0.25) is 0 Å². The van der Waals surface area contributed by atoms with E-state index in [-0.39, 0.29) is 0 Å². The molecule has 0 aromatic heterocycles. The Bertz CT molecular complexity index is 825. The van der Waals surface area contributed by atoms with Crippen LogP contribution in [0.4, 0.5) is 0 Å². The summed E-state index contributed by atoms with van der Waals surface area (Å²) in [6, 6.07) is 14.1. The molecule has 2 aromatic rings. The summed E-state index contributed by atoms with van der Waals surface area (Å²) in [5.74, 6) is 0.597. The van der Waals surface area contributed by atoms with E-state index in [4.69, 9.17) is 9.47 Å². The van der Waals surface area contributed by atoms with Crippen molar-refractivity contribution in [3.05, 3.63) is 72.3 Å². The number of likely N-dealkylation sites (tertiary alicyclic amines) is 1. The highest BCUT2D eigenvalue weighted by atomic mass is 16.6. The molecule has 0 radical (unpaired) electrons. The van der Waals surface area contributed by atoms with E-state index in [0.29, 0.717) is 35.2 Å². The average molecular weight is 379 g/mol. The molecule has 0 spiro atoms. The van der Waals surface area contributed by atoms with Crippen LogP contribution in [-0.2, 0) is 15.1 Å². The first-order chi connectivity index (χ1) is 13.6. The summed E-state index contributed by atoms with van der Waals surface area (Å²) in [7, 11) is 0. The van der Waals surface area contributed by atoms with Gasteiger partial charge in [0.2, 0.25) is 5.60 Å². The predicted octanol–water partition coefficient (Wildman–Crippen LogP) is 3.47. The van der Waals surface area contributed by atoms with Gasteiger partial charge in [0.15, 0.2) is 0 Å². The monoisotopic (exact) mass is 379 g/mol. The molecule has 4 rings (SSSR count). The van der Waals surface area contributed by atoms with Crippen LogP contribution in [0.25, 0.3) is 0 Å². The Morgan fingerprint density at radius 2 is 1.71 bits per heavy atom. The first-order valence-electron chi connectivity index (χ1n) is 9.72. The van der Waals surface area contributed by atoms with Crippen molar-refractivity contribution in [2.75, 3.05) is 26.2 Å². The Labute approximate surface area is 165 Å². The molecule has 0 atom stereocenters. The van der Waals surface area contributed by atoms with Crippen LogP contribution in [0.15, 0.2) is 61.2 Å². The SMILES string of the molecule is C=CCN1CCC(COC(=O)C2(O)c3ccccc3Oc3ccccc32)CC1. The topological polar surface area (TPSA) is 59.0 Å². The van der Waals surface area contributed by atoms with Gasteiger partial charge in [0.25, 0.3) is 0 Å². The maximum atomic E-state index is 13.1. The number of esters is 1. The normalized spacial score (nSPS) is 18.5. The van der Waals surface area contributed by atoms with Gasteiger partial charge in [-0.15, -0.1) is 6.58 Å². The van der Waals surface area contributed by atoms with Crippen molar-refractivity contribution in [1.29, 1.82) is 0 Å². The van der Waals surface area contributed by atoms with E-state index in [0.717, 1.165) is 32.5 Å². The number of carbonyl (C=O) groups excluding carboxylic acids is 1. The van der Waals surface area contributed by atoms with E-state index in [1.165, 1.54) is 0 Å². The van der Waals surface area contributed by atoms with Crippen LogP contribution in [0.3, 0.4) is 0 Å². The van der Waals surface area contributed by atoms with Gasteiger partial charge in [-0.05, 0) is 44.0 Å². The van der Waals surface area contributed by atoms with Gasteiger partial charge in [0.1, 0.15) is 11.5 Å². The lowest BCUT2D eigenvalue weighted by Gasteiger charge is -2.35. The smallest absolute Gasteiger partial charge is 0.348 e. The lowest BCUT2D eigenvalue weighted by atomic mass is 9.83. The Balaban J connectivity index is 1.52. The van der Waals surface area contributed by atoms with Crippen LogP contribution < -0.4 is 4.74 Å². The van der Waals surface area contributed by atoms with E-state index in [1.807, 2.05) is 18.2 Å².